The number of hydrogen-bond donors (Lipinski definition) is 1. The van der Waals surface area contributed by atoms with Crippen molar-refractivity contribution in [3.8, 4) is 33.0 Å². The molecule has 0 saturated carbocycles. The molecule has 15 heteroatoms. The van der Waals surface area contributed by atoms with Crippen molar-refractivity contribution in [3.05, 3.63) is 71.1 Å². The highest BCUT2D eigenvalue weighted by atomic mass is 32.1. The summed E-state index contributed by atoms with van der Waals surface area (Å²) in [6.45, 7) is -1.37. The van der Waals surface area contributed by atoms with Crippen LogP contribution in [0.15, 0.2) is 58.5 Å². The van der Waals surface area contributed by atoms with E-state index in [9.17, 15) is 22.4 Å². The summed E-state index contributed by atoms with van der Waals surface area (Å²) in [6.07, 6.45) is -2.89. The lowest BCUT2D eigenvalue weighted by molar-refractivity contribution is -0.123. The lowest BCUT2D eigenvalue weighted by Gasteiger charge is -2.08. The monoisotopic (exact) mass is 603 g/mol. The van der Waals surface area contributed by atoms with Crippen molar-refractivity contribution >= 4 is 44.5 Å². The number of furan rings is 1. The van der Waals surface area contributed by atoms with E-state index in [1.54, 1.807) is 34.3 Å². The summed E-state index contributed by atoms with van der Waals surface area (Å²) in [4.78, 5) is 21.4. The number of ether oxygens (including phenoxy) is 2. The average molecular weight is 604 g/mol. The molecule has 4 heterocycles. The molecule has 0 fully saturated rings. The molecule has 1 amide bonds. The number of nitrogens with one attached hydrogen (secondary N) is 1. The van der Waals surface area contributed by atoms with Crippen molar-refractivity contribution in [2.75, 3.05) is 13.7 Å². The van der Waals surface area contributed by atoms with E-state index in [4.69, 9.17) is 13.9 Å². The molecule has 9 nitrogen and oxygen atoms in total. The highest BCUT2D eigenvalue weighted by molar-refractivity contribution is 7.18. The maximum Gasteiger partial charge on any atom is 0.405 e. The molecule has 4 aromatic heterocycles. The van der Waals surface area contributed by atoms with Gasteiger partial charge in [0.1, 0.15) is 41.0 Å². The second kappa shape index (κ2) is 10.5. The highest BCUT2D eigenvalue weighted by Crippen LogP contribution is 2.36. The summed E-state index contributed by atoms with van der Waals surface area (Å²) in [5.41, 5.74) is 2.19. The first-order valence-electron chi connectivity index (χ1n) is 11.8. The van der Waals surface area contributed by atoms with Crippen molar-refractivity contribution in [1.29, 1.82) is 0 Å². The van der Waals surface area contributed by atoms with Crippen LogP contribution in [0.1, 0.15) is 16.1 Å². The number of thiazole rings is 1. The Morgan fingerprint density at radius 1 is 1.17 bits per heavy atom. The van der Waals surface area contributed by atoms with Gasteiger partial charge >= 0.3 is 6.18 Å². The minimum Gasteiger partial charge on any atom is -0.486 e. The Labute approximate surface area is 236 Å². The van der Waals surface area contributed by atoms with Crippen LogP contribution in [0, 0.1) is 5.82 Å². The molecule has 0 radical (unpaired) electrons. The molecule has 6 rings (SSSR count). The van der Waals surface area contributed by atoms with Crippen molar-refractivity contribution in [2.24, 2.45) is 0 Å². The van der Waals surface area contributed by atoms with E-state index in [1.165, 1.54) is 54.0 Å². The number of rotatable bonds is 8. The number of amides is 1. The topological polar surface area (TPSA) is 104 Å². The van der Waals surface area contributed by atoms with E-state index in [-0.39, 0.29) is 23.5 Å². The van der Waals surface area contributed by atoms with Crippen molar-refractivity contribution in [2.45, 2.75) is 12.8 Å². The van der Waals surface area contributed by atoms with Crippen LogP contribution < -0.4 is 14.8 Å². The average Bonchev–Trinajstić information content (AvgIpc) is 3.73. The van der Waals surface area contributed by atoms with E-state index in [1.807, 2.05) is 5.32 Å². The maximum atomic E-state index is 14.4. The van der Waals surface area contributed by atoms with E-state index in [2.05, 4.69) is 15.1 Å². The normalized spacial score (nSPS) is 11.8. The smallest absolute Gasteiger partial charge is 0.405 e. The molecule has 1 N–H and O–H groups in total. The number of nitrogens with zero attached hydrogens (tertiary/aromatic N) is 4. The molecule has 0 aliphatic rings. The molecule has 41 heavy (non-hydrogen) atoms. The molecule has 0 unspecified atom stereocenters. The van der Waals surface area contributed by atoms with Gasteiger partial charge in [-0.15, -0.1) is 16.4 Å². The third-order valence-corrected chi connectivity index (χ3v) is 7.65. The summed E-state index contributed by atoms with van der Waals surface area (Å²) in [5.74, 6) is -0.687. The summed E-state index contributed by atoms with van der Waals surface area (Å²) in [6, 6.07) is 10.3. The first-order valence-corrected chi connectivity index (χ1v) is 13.5. The molecule has 210 valence electrons. The Balaban J connectivity index is 1.18. The number of carbonyl (C=O) groups is 1. The van der Waals surface area contributed by atoms with Crippen LogP contribution >= 0.6 is 22.7 Å². The Morgan fingerprint density at radius 2 is 1.98 bits per heavy atom. The van der Waals surface area contributed by atoms with Crippen molar-refractivity contribution in [3.63, 3.8) is 0 Å². The van der Waals surface area contributed by atoms with Gasteiger partial charge in [0.15, 0.2) is 5.76 Å². The number of methoxy groups -OCH3 is 1. The van der Waals surface area contributed by atoms with Gasteiger partial charge in [-0.1, -0.05) is 12.1 Å². The molecular weight excluding hydrogens is 586 g/mol. The fourth-order valence-electron chi connectivity index (χ4n) is 3.95. The lowest BCUT2D eigenvalue weighted by atomic mass is 10.1. The van der Waals surface area contributed by atoms with Gasteiger partial charge in [-0.3, -0.25) is 4.79 Å². The number of benzene rings is 2. The Morgan fingerprint density at radius 3 is 2.73 bits per heavy atom. The molecule has 6 aromatic rings. The number of hydrogen-bond acceptors (Lipinski definition) is 9. The Bertz CT molecular complexity index is 1870. The Hall–Kier alpha value is -4.50. The minimum atomic E-state index is -4.49. The predicted molar refractivity (Wildman–Crippen MR) is 143 cm³/mol. The summed E-state index contributed by atoms with van der Waals surface area (Å²) in [7, 11) is 1.51. The minimum absolute atomic E-state index is 0.0354. The number of alkyl halides is 3. The summed E-state index contributed by atoms with van der Waals surface area (Å²) < 4.78 is 70.0. The fourth-order valence-corrected chi connectivity index (χ4v) is 5.45. The molecular formula is C26H17F4N5O4S2. The van der Waals surface area contributed by atoms with E-state index >= 15 is 0 Å². The van der Waals surface area contributed by atoms with Crippen LogP contribution in [0.25, 0.3) is 38.0 Å². The van der Waals surface area contributed by atoms with Crippen molar-refractivity contribution < 1.29 is 36.2 Å². The lowest BCUT2D eigenvalue weighted by Crippen LogP contribution is -2.33. The third-order valence-electron chi connectivity index (χ3n) is 5.83. The van der Waals surface area contributed by atoms with Gasteiger partial charge in [0, 0.05) is 28.6 Å². The molecule has 0 bridgehead atoms. The quantitative estimate of drug-likeness (QED) is 0.202. The van der Waals surface area contributed by atoms with E-state index in [0.717, 1.165) is 0 Å². The van der Waals surface area contributed by atoms with Crippen LogP contribution in [0.3, 0.4) is 0 Å². The fraction of sp³-hybridized carbons (Fsp3) is 0.154. The zero-order valence-electron chi connectivity index (χ0n) is 20.9. The zero-order chi connectivity index (χ0) is 28.7. The SMILES string of the molecule is COc1nn2c(-c3cc4c(OCc5csc(-c6ccc(C(=O)NCC(F)(F)F)cc6)n5)cc(F)cc4o3)cnc2s1. The second-order valence-corrected chi connectivity index (χ2v) is 10.4. The predicted octanol–water partition coefficient (Wildman–Crippen LogP) is 6.35. The largest absolute Gasteiger partial charge is 0.486 e. The number of fused-ring (bicyclic) bond motifs is 2. The number of imidazole rings is 1. The van der Waals surface area contributed by atoms with Crippen LogP contribution in [0.5, 0.6) is 10.9 Å². The molecule has 0 atom stereocenters. The number of halogens is 4. The highest BCUT2D eigenvalue weighted by Gasteiger charge is 2.28. The standard InChI is InChI=1S/C26H17F4N5O4S2/c1-37-25-34-35-18(9-31-24(35)41-25)21-8-17-19(6-15(27)7-20(17)39-21)38-10-16-11-40-23(33-16)14-4-2-13(3-5-14)22(36)32-12-26(28,29)30/h2-9,11H,10,12H2,1H3,(H,32,36). The molecule has 0 aliphatic carbocycles. The molecule has 0 saturated heterocycles. The zero-order valence-corrected chi connectivity index (χ0v) is 22.5. The van der Waals surface area contributed by atoms with Gasteiger partial charge in [-0.25, -0.2) is 14.4 Å². The van der Waals surface area contributed by atoms with Gasteiger partial charge in [0.05, 0.1) is 24.4 Å². The van der Waals surface area contributed by atoms with Gasteiger partial charge in [0.2, 0.25) is 4.96 Å². The Kier molecular flexibility index (Phi) is 6.83. The van der Waals surface area contributed by atoms with Gasteiger partial charge < -0.3 is 19.2 Å². The van der Waals surface area contributed by atoms with Crippen molar-refractivity contribution in [1.82, 2.24) is 24.9 Å². The van der Waals surface area contributed by atoms with Crippen LogP contribution in [-0.2, 0) is 6.61 Å². The summed E-state index contributed by atoms with van der Waals surface area (Å²) in [5, 5.41) is 9.53. The van der Waals surface area contributed by atoms with Gasteiger partial charge in [-0.05, 0) is 29.5 Å². The second-order valence-electron chi connectivity index (χ2n) is 8.64. The molecule has 2 aromatic carbocycles. The number of aromatic nitrogens is 4. The van der Waals surface area contributed by atoms with Gasteiger partial charge in [-0.2, -0.15) is 17.7 Å². The van der Waals surface area contributed by atoms with Crippen LogP contribution in [0.2, 0.25) is 0 Å². The van der Waals surface area contributed by atoms with Crippen LogP contribution in [-0.4, -0.2) is 45.3 Å². The van der Waals surface area contributed by atoms with Crippen LogP contribution in [0.4, 0.5) is 17.6 Å². The third kappa shape index (κ3) is 5.58. The molecule has 0 spiro atoms. The van der Waals surface area contributed by atoms with E-state index in [0.29, 0.717) is 43.3 Å². The summed E-state index contributed by atoms with van der Waals surface area (Å²) >= 11 is 2.59. The first-order chi connectivity index (χ1) is 19.7. The number of carbonyl (C=O) groups excluding carboxylic acids is 1. The molecule has 0 aliphatic heterocycles. The van der Waals surface area contributed by atoms with E-state index < -0.39 is 24.4 Å². The first kappa shape index (κ1) is 26.7. The van der Waals surface area contributed by atoms with Gasteiger partial charge in [0.25, 0.3) is 11.1 Å². The maximum absolute atomic E-state index is 14.4.